The van der Waals surface area contributed by atoms with Gasteiger partial charge in [-0.05, 0) is 90.5 Å². The topological polar surface area (TPSA) is 106 Å². The summed E-state index contributed by atoms with van der Waals surface area (Å²) < 4.78 is 104. The summed E-state index contributed by atoms with van der Waals surface area (Å²) >= 11 is 0. The van der Waals surface area contributed by atoms with Gasteiger partial charge in [-0.3, -0.25) is 9.80 Å². The second kappa shape index (κ2) is 14.6. The number of halogens is 5. The fourth-order valence-electron chi connectivity index (χ4n) is 7.32. The van der Waals surface area contributed by atoms with Gasteiger partial charge in [-0.15, -0.1) is 0 Å². The van der Waals surface area contributed by atoms with Crippen LogP contribution in [0.2, 0.25) is 0 Å². The van der Waals surface area contributed by atoms with Gasteiger partial charge in [-0.25, -0.2) is 13.6 Å². The molecule has 15 heteroatoms. The first-order valence-electron chi connectivity index (χ1n) is 16.7. The van der Waals surface area contributed by atoms with E-state index in [0.29, 0.717) is 36.7 Å². The number of alkyl halides is 3. The van der Waals surface area contributed by atoms with Crippen LogP contribution < -0.4 is 13.7 Å². The van der Waals surface area contributed by atoms with Gasteiger partial charge in [0.1, 0.15) is 19.0 Å². The van der Waals surface area contributed by atoms with E-state index < -0.39 is 39.0 Å². The molecule has 2 aromatic carbocycles. The molecule has 6 rings (SSSR count). The maximum Gasteiger partial charge on any atom is 0.534 e. The van der Waals surface area contributed by atoms with Crippen molar-refractivity contribution in [1.82, 2.24) is 9.80 Å². The molecule has 2 aromatic rings. The van der Waals surface area contributed by atoms with Crippen molar-refractivity contribution in [2.24, 2.45) is 0 Å². The highest BCUT2D eigenvalue weighted by atomic mass is 32.2. The number of rotatable bonds is 9. The third-order valence-electron chi connectivity index (χ3n) is 9.84. The zero-order valence-corrected chi connectivity index (χ0v) is 28.8. The average Bonchev–Trinajstić information content (AvgIpc) is 2.97. The Bertz CT molecular complexity index is 1630. The van der Waals surface area contributed by atoms with Crippen molar-refractivity contribution in [3.05, 3.63) is 52.6 Å². The van der Waals surface area contributed by atoms with Crippen molar-refractivity contribution < 1.29 is 53.9 Å². The zero-order valence-electron chi connectivity index (χ0n) is 27.9. The molecule has 2 aliphatic carbocycles. The summed E-state index contributed by atoms with van der Waals surface area (Å²) in [6.07, 6.45) is 7.39. The second-order valence-electron chi connectivity index (χ2n) is 13.6. The van der Waals surface area contributed by atoms with Gasteiger partial charge in [0.05, 0.1) is 5.56 Å². The molecule has 9 nitrogen and oxygen atoms in total. The minimum Gasteiger partial charge on any atom is -0.489 e. The smallest absolute Gasteiger partial charge is 0.489 e. The van der Waals surface area contributed by atoms with Gasteiger partial charge in [0, 0.05) is 47.4 Å². The van der Waals surface area contributed by atoms with Crippen molar-refractivity contribution in [2.75, 3.05) is 13.2 Å². The molecule has 0 aromatic heterocycles. The molecule has 0 spiro atoms. The van der Waals surface area contributed by atoms with E-state index in [-0.39, 0.29) is 53.8 Å². The van der Waals surface area contributed by atoms with Crippen LogP contribution in [0.4, 0.5) is 22.0 Å². The van der Waals surface area contributed by atoms with Crippen molar-refractivity contribution >= 4 is 16.1 Å². The molecule has 0 bridgehead atoms. The lowest BCUT2D eigenvalue weighted by Gasteiger charge is -2.46. The molecule has 49 heavy (non-hydrogen) atoms. The highest BCUT2D eigenvalue weighted by Crippen LogP contribution is 2.41. The number of carboxylic acids is 1. The molecule has 2 aliphatic heterocycles. The largest absolute Gasteiger partial charge is 0.534 e. The minimum atomic E-state index is -5.85. The Labute approximate surface area is 283 Å². The van der Waals surface area contributed by atoms with Crippen LogP contribution in [0.3, 0.4) is 0 Å². The van der Waals surface area contributed by atoms with Gasteiger partial charge in [-0.1, -0.05) is 12.8 Å². The van der Waals surface area contributed by atoms with Gasteiger partial charge in [0.25, 0.3) is 0 Å². The molecular formula is C34H43F5N2O7S. The van der Waals surface area contributed by atoms with Crippen LogP contribution in [0.15, 0.2) is 24.3 Å². The van der Waals surface area contributed by atoms with Gasteiger partial charge >= 0.3 is 21.6 Å². The number of nitrogens with zero attached hydrogens (tertiary/aromatic N) is 2. The van der Waals surface area contributed by atoms with Crippen LogP contribution in [-0.4, -0.2) is 84.3 Å². The number of ether oxygens (including phenoxy) is 2. The second-order valence-corrected chi connectivity index (χ2v) is 15.2. The SMILES string of the molecule is CC(C)N(C1CCC1)[C@H]1COc2c(F)ccc(C(=O)O)c2C1.CC(C)N(C1CCC1)[C@H]1COc2c(F)ccc(OS(=O)(=O)C(F)(F)F)c2C1. The number of hydrogen-bond acceptors (Lipinski definition) is 8. The summed E-state index contributed by atoms with van der Waals surface area (Å²) in [6, 6.07) is 5.54. The zero-order chi connectivity index (χ0) is 35.8. The first-order chi connectivity index (χ1) is 23.0. The van der Waals surface area contributed by atoms with Gasteiger partial charge in [0.2, 0.25) is 0 Å². The van der Waals surface area contributed by atoms with E-state index in [1.165, 1.54) is 31.4 Å². The molecule has 0 unspecified atom stereocenters. The van der Waals surface area contributed by atoms with E-state index in [1.54, 1.807) is 0 Å². The molecule has 4 aliphatic rings. The number of hydrogen-bond donors (Lipinski definition) is 1. The van der Waals surface area contributed by atoms with Crippen molar-refractivity contribution in [2.45, 2.75) is 121 Å². The van der Waals surface area contributed by atoms with E-state index in [9.17, 15) is 40.3 Å². The summed E-state index contributed by atoms with van der Waals surface area (Å²) in [4.78, 5) is 16.0. The molecule has 0 radical (unpaired) electrons. The molecule has 0 amide bonds. The van der Waals surface area contributed by atoms with Crippen LogP contribution in [0.25, 0.3) is 0 Å². The van der Waals surface area contributed by atoms with Crippen LogP contribution in [0.5, 0.6) is 17.2 Å². The third-order valence-corrected chi connectivity index (χ3v) is 10.8. The first kappa shape index (κ1) is 37.1. The van der Waals surface area contributed by atoms with E-state index >= 15 is 0 Å². The predicted octanol–water partition coefficient (Wildman–Crippen LogP) is 6.71. The van der Waals surface area contributed by atoms with Crippen molar-refractivity contribution in [1.29, 1.82) is 0 Å². The standard InChI is InChI=1S/C17H21F4NO4S.C17H22FNO3/c1-10(2)22(11-4-3-5-11)12-8-13-15(26-27(23,24)17(19,20)21)7-6-14(18)16(13)25-9-12;1-10(2)19(11-4-3-5-11)12-8-14-13(17(20)21)6-7-15(18)16(14)22-9-12/h6-7,10-12H,3-5,8-9H2,1-2H3;6-7,10-12H,3-5,8-9H2,1-2H3,(H,20,21)/t2*12-/m11/s1. The summed E-state index contributed by atoms with van der Waals surface area (Å²) in [7, 11) is -5.85. The monoisotopic (exact) mass is 718 g/mol. The van der Waals surface area contributed by atoms with Crippen LogP contribution in [0, 0.1) is 11.6 Å². The first-order valence-corrected chi connectivity index (χ1v) is 18.1. The number of aromatic carboxylic acids is 1. The molecule has 272 valence electrons. The molecule has 2 heterocycles. The summed E-state index contributed by atoms with van der Waals surface area (Å²) in [5.74, 6) is -2.95. The van der Waals surface area contributed by atoms with Crippen LogP contribution >= 0.6 is 0 Å². The fourth-order valence-corrected chi connectivity index (χ4v) is 7.80. The molecule has 2 atom stereocenters. The maximum absolute atomic E-state index is 14.1. The number of fused-ring (bicyclic) bond motifs is 2. The van der Waals surface area contributed by atoms with Gasteiger partial charge < -0.3 is 18.8 Å². The summed E-state index contributed by atoms with van der Waals surface area (Å²) in [5.41, 5.74) is -4.92. The van der Waals surface area contributed by atoms with Crippen molar-refractivity contribution in [3.8, 4) is 17.2 Å². The average molecular weight is 719 g/mol. The number of benzene rings is 2. The van der Waals surface area contributed by atoms with Crippen molar-refractivity contribution in [3.63, 3.8) is 0 Å². The Morgan fingerprint density at radius 3 is 1.65 bits per heavy atom. The van der Waals surface area contributed by atoms with Gasteiger partial charge in [0.15, 0.2) is 23.1 Å². The Kier molecular flexibility index (Phi) is 11.0. The molecule has 1 N–H and O–H groups in total. The molecule has 0 saturated heterocycles. The molecular weight excluding hydrogens is 675 g/mol. The predicted molar refractivity (Wildman–Crippen MR) is 171 cm³/mol. The Morgan fingerprint density at radius 2 is 1.24 bits per heavy atom. The molecule has 2 fully saturated rings. The fraction of sp³-hybridized carbons (Fsp3) is 0.618. The lowest BCUT2D eigenvalue weighted by Crippen LogP contribution is -2.54. The Balaban J connectivity index is 0.000000195. The van der Waals surface area contributed by atoms with Crippen LogP contribution in [-0.2, 0) is 23.0 Å². The van der Waals surface area contributed by atoms with Gasteiger partial charge in [-0.2, -0.15) is 21.6 Å². The normalized spacial score (nSPS) is 21.2. The lowest BCUT2D eigenvalue weighted by atomic mass is 9.87. The lowest BCUT2D eigenvalue weighted by molar-refractivity contribution is -0.0500. The number of carboxylic acid groups (broad SMARTS) is 1. The van der Waals surface area contributed by atoms with E-state index in [2.05, 4.69) is 27.8 Å². The minimum absolute atomic E-state index is 0.00375. The van der Waals surface area contributed by atoms with E-state index in [0.717, 1.165) is 31.4 Å². The third kappa shape index (κ3) is 7.78. The summed E-state index contributed by atoms with van der Waals surface area (Å²) in [6.45, 7) is 8.90. The Morgan fingerprint density at radius 1 is 0.796 bits per heavy atom. The maximum atomic E-state index is 14.1. The van der Waals surface area contributed by atoms with E-state index in [4.69, 9.17) is 9.47 Å². The summed E-state index contributed by atoms with van der Waals surface area (Å²) in [5, 5.41) is 9.34. The number of carbonyl (C=O) groups is 1. The van der Waals surface area contributed by atoms with E-state index in [1.807, 2.05) is 13.8 Å². The highest BCUT2D eigenvalue weighted by Gasteiger charge is 2.49. The van der Waals surface area contributed by atoms with Crippen LogP contribution in [0.1, 0.15) is 87.7 Å². The molecule has 2 saturated carbocycles. The highest BCUT2D eigenvalue weighted by molar-refractivity contribution is 7.88. The Hall–Kier alpha value is -3.17. The quantitative estimate of drug-likeness (QED) is 0.172.